The molecular weight excluding hydrogens is 248 g/mol. The molecule has 0 aliphatic heterocycles. The topological polar surface area (TPSA) is 29.9 Å². The van der Waals surface area contributed by atoms with Crippen LogP contribution >= 0.6 is 0 Å². The Balaban J connectivity index is 2.09. The van der Waals surface area contributed by atoms with Crippen LogP contribution in [0.3, 0.4) is 0 Å². The highest BCUT2D eigenvalue weighted by molar-refractivity contribution is 5.20. The van der Waals surface area contributed by atoms with Gasteiger partial charge in [-0.3, -0.25) is 4.68 Å². The van der Waals surface area contributed by atoms with E-state index in [1.807, 2.05) is 6.92 Å². The van der Waals surface area contributed by atoms with Gasteiger partial charge in [0.1, 0.15) is 5.69 Å². The molecule has 108 valence electrons. The summed E-state index contributed by atoms with van der Waals surface area (Å²) in [6, 6.07) is 0.0860. The van der Waals surface area contributed by atoms with Crippen LogP contribution in [-0.2, 0) is 6.54 Å². The van der Waals surface area contributed by atoms with Gasteiger partial charge in [0.25, 0.3) is 6.43 Å². The van der Waals surface area contributed by atoms with Crippen molar-refractivity contribution < 1.29 is 8.78 Å². The number of rotatable bonds is 7. The maximum atomic E-state index is 13.3. The average Bonchev–Trinajstić information content (AvgIpc) is 3.08. The first-order chi connectivity index (χ1) is 9.00. The van der Waals surface area contributed by atoms with E-state index in [0.29, 0.717) is 23.9 Å². The molecule has 3 nitrogen and oxygen atoms in total. The van der Waals surface area contributed by atoms with Crippen LogP contribution in [0.25, 0.3) is 0 Å². The Hall–Kier alpha value is -0.970. The first kappa shape index (κ1) is 14.4. The summed E-state index contributed by atoms with van der Waals surface area (Å²) < 4.78 is 28.1. The Labute approximate surface area is 113 Å². The quantitative estimate of drug-likeness (QED) is 0.822. The normalized spacial score (nSPS) is 17.4. The molecule has 1 fully saturated rings. The number of alkyl halides is 2. The van der Waals surface area contributed by atoms with E-state index in [1.165, 1.54) is 4.68 Å². The summed E-state index contributed by atoms with van der Waals surface area (Å²) in [6.45, 7) is 7.47. The average molecular weight is 271 g/mol. The van der Waals surface area contributed by atoms with Crippen molar-refractivity contribution in [3.63, 3.8) is 0 Å². The van der Waals surface area contributed by atoms with Gasteiger partial charge in [-0.2, -0.15) is 5.10 Å². The third-order valence-corrected chi connectivity index (χ3v) is 3.68. The molecule has 0 saturated heterocycles. The zero-order valence-electron chi connectivity index (χ0n) is 11.9. The van der Waals surface area contributed by atoms with Gasteiger partial charge in [0.15, 0.2) is 0 Å². The monoisotopic (exact) mass is 271 g/mol. The van der Waals surface area contributed by atoms with Gasteiger partial charge in [0.2, 0.25) is 0 Å². The van der Waals surface area contributed by atoms with Crippen molar-refractivity contribution >= 4 is 0 Å². The first-order valence-electron chi connectivity index (χ1n) is 7.05. The number of hydrogen-bond donors (Lipinski definition) is 1. The molecule has 19 heavy (non-hydrogen) atoms. The Morgan fingerprint density at radius 2 is 2.05 bits per heavy atom. The van der Waals surface area contributed by atoms with Gasteiger partial charge in [-0.05, 0) is 38.1 Å². The zero-order valence-corrected chi connectivity index (χ0v) is 11.9. The largest absolute Gasteiger partial charge is 0.312 e. The van der Waals surface area contributed by atoms with E-state index in [2.05, 4.69) is 24.3 Å². The number of aromatic nitrogens is 2. The molecule has 0 spiro atoms. The molecular formula is C14H23F2N3. The van der Waals surface area contributed by atoms with Gasteiger partial charge in [0, 0.05) is 12.1 Å². The maximum Gasteiger partial charge on any atom is 0.280 e. The van der Waals surface area contributed by atoms with Crippen LogP contribution in [0.1, 0.15) is 57.3 Å². The molecule has 0 bridgehead atoms. The van der Waals surface area contributed by atoms with E-state index in [4.69, 9.17) is 0 Å². The standard InChI is InChI=1S/C14H23F2N3/c1-9(2)6-17-7-12-8-18-19(13(12)14(15)16)10(3)11-4-5-11/h8-11,14,17H,4-7H2,1-3H3. The summed E-state index contributed by atoms with van der Waals surface area (Å²) in [7, 11) is 0. The van der Waals surface area contributed by atoms with Crippen molar-refractivity contribution in [2.45, 2.75) is 52.6 Å². The van der Waals surface area contributed by atoms with E-state index < -0.39 is 6.43 Å². The second kappa shape index (κ2) is 5.99. The van der Waals surface area contributed by atoms with Gasteiger partial charge < -0.3 is 5.32 Å². The van der Waals surface area contributed by atoms with Gasteiger partial charge in [0.05, 0.1) is 12.2 Å². The summed E-state index contributed by atoms with van der Waals surface area (Å²) in [6.07, 6.45) is 1.39. The lowest BCUT2D eigenvalue weighted by Crippen LogP contribution is -2.20. The van der Waals surface area contributed by atoms with Crippen molar-refractivity contribution in [3.05, 3.63) is 17.5 Å². The Morgan fingerprint density at radius 3 is 2.58 bits per heavy atom. The molecule has 1 atom stereocenters. The molecule has 1 N–H and O–H groups in total. The highest BCUT2D eigenvalue weighted by Gasteiger charge is 2.33. The maximum absolute atomic E-state index is 13.3. The molecule has 2 rings (SSSR count). The van der Waals surface area contributed by atoms with Crippen molar-refractivity contribution in [1.82, 2.24) is 15.1 Å². The molecule has 1 heterocycles. The summed E-state index contributed by atoms with van der Waals surface area (Å²) in [5, 5.41) is 7.40. The van der Waals surface area contributed by atoms with Gasteiger partial charge in [-0.15, -0.1) is 0 Å². The lowest BCUT2D eigenvalue weighted by molar-refractivity contribution is 0.134. The molecule has 0 amide bonds. The third-order valence-electron chi connectivity index (χ3n) is 3.68. The summed E-state index contributed by atoms with van der Waals surface area (Å²) >= 11 is 0. The number of halogens is 2. The Bertz CT molecular complexity index is 411. The minimum absolute atomic E-state index is 0.0860. The molecule has 1 aliphatic carbocycles. The van der Waals surface area contributed by atoms with Crippen LogP contribution in [0.2, 0.25) is 0 Å². The fraction of sp³-hybridized carbons (Fsp3) is 0.786. The Kier molecular flexibility index (Phi) is 4.55. The van der Waals surface area contributed by atoms with E-state index >= 15 is 0 Å². The fourth-order valence-corrected chi connectivity index (χ4v) is 2.38. The van der Waals surface area contributed by atoms with Crippen molar-refractivity contribution in [2.75, 3.05) is 6.54 Å². The summed E-state index contributed by atoms with van der Waals surface area (Å²) in [5.41, 5.74) is 0.721. The summed E-state index contributed by atoms with van der Waals surface area (Å²) in [4.78, 5) is 0. The van der Waals surface area contributed by atoms with E-state index in [9.17, 15) is 8.78 Å². The molecule has 1 saturated carbocycles. The number of nitrogens with zero attached hydrogens (tertiary/aromatic N) is 2. The van der Waals surface area contributed by atoms with Gasteiger partial charge in [-0.25, -0.2) is 8.78 Å². The minimum atomic E-state index is -2.46. The second-order valence-corrected chi connectivity index (χ2v) is 5.90. The highest BCUT2D eigenvalue weighted by Crippen LogP contribution is 2.41. The molecule has 1 aromatic heterocycles. The first-order valence-corrected chi connectivity index (χ1v) is 7.05. The van der Waals surface area contributed by atoms with Crippen LogP contribution in [0.15, 0.2) is 6.20 Å². The Morgan fingerprint density at radius 1 is 1.37 bits per heavy atom. The molecule has 0 radical (unpaired) electrons. The van der Waals surface area contributed by atoms with Crippen LogP contribution in [0, 0.1) is 11.8 Å². The van der Waals surface area contributed by atoms with Crippen LogP contribution < -0.4 is 5.32 Å². The fourth-order valence-electron chi connectivity index (χ4n) is 2.38. The third kappa shape index (κ3) is 3.53. The minimum Gasteiger partial charge on any atom is -0.312 e. The molecule has 0 aromatic carbocycles. The highest BCUT2D eigenvalue weighted by atomic mass is 19.3. The molecule has 1 aliphatic rings. The van der Waals surface area contributed by atoms with Crippen molar-refractivity contribution in [3.8, 4) is 0 Å². The van der Waals surface area contributed by atoms with Gasteiger partial charge in [-0.1, -0.05) is 13.8 Å². The number of nitrogens with one attached hydrogen (secondary N) is 1. The van der Waals surface area contributed by atoms with Gasteiger partial charge >= 0.3 is 0 Å². The van der Waals surface area contributed by atoms with Crippen LogP contribution in [0.4, 0.5) is 8.78 Å². The number of hydrogen-bond acceptors (Lipinski definition) is 2. The predicted molar refractivity (Wildman–Crippen MR) is 71.2 cm³/mol. The van der Waals surface area contributed by atoms with Crippen molar-refractivity contribution in [2.24, 2.45) is 11.8 Å². The summed E-state index contributed by atoms with van der Waals surface area (Å²) in [5.74, 6) is 1.03. The van der Waals surface area contributed by atoms with E-state index in [0.717, 1.165) is 19.4 Å². The smallest absolute Gasteiger partial charge is 0.280 e. The predicted octanol–water partition coefficient (Wildman–Crippen LogP) is 3.54. The molecule has 1 unspecified atom stereocenters. The SMILES string of the molecule is CC(C)CNCc1cnn(C(C)C2CC2)c1C(F)F. The second-order valence-electron chi connectivity index (χ2n) is 5.90. The van der Waals surface area contributed by atoms with Crippen LogP contribution in [0.5, 0.6) is 0 Å². The van der Waals surface area contributed by atoms with E-state index in [1.54, 1.807) is 6.20 Å². The van der Waals surface area contributed by atoms with Crippen LogP contribution in [-0.4, -0.2) is 16.3 Å². The molecule has 1 aromatic rings. The molecule has 5 heteroatoms. The lowest BCUT2D eigenvalue weighted by Gasteiger charge is -2.16. The van der Waals surface area contributed by atoms with E-state index in [-0.39, 0.29) is 11.7 Å². The van der Waals surface area contributed by atoms with Crippen molar-refractivity contribution in [1.29, 1.82) is 0 Å². The lowest BCUT2D eigenvalue weighted by atomic mass is 10.2. The zero-order chi connectivity index (χ0) is 14.0.